The summed E-state index contributed by atoms with van der Waals surface area (Å²) in [6.07, 6.45) is 1.07. The van der Waals surface area contributed by atoms with Crippen LogP contribution in [0.2, 0.25) is 0 Å². The van der Waals surface area contributed by atoms with Crippen LogP contribution in [0.3, 0.4) is 0 Å². The molecule has 2 atom stereocenters. The maximum Gasteiger partial charge on any atom is 0.0238 e. The Balaban J connectivity index is 2.13. The third-order valence-electron chi connectivity index (χ3n) is 1.88. The SMILES string of the molecule is CC1CNC(CCCl)CN1. The van der Waals surface area contributed by atoms with Gasteiger partial charge in [0.05, 0.1) is 0 Å². The monoisotopic (exact) mass is 162 g/mol. The van der Waals surface area contributed by atoms with Crippen molar-refractivity contribution in [1.82, 2.24) is 10.6 Å². The molecule has 1 heterocycles. The van der Waals surface area contributed by atoms with Crippen molar-refractivity contribution >= 4 is 11.6 Å². The molecule has 0 amide bonds. The van der Waals surface area contributed by atoms with Crippen LogP contribution in [0.15, 0.2) is 0 Å². The molecule has 2 nitrogen and oxygen atoms in total. The van der Waals surface area contributed by atoms with Crippen LogP contribution >= 0.6 is 11.6 Å². The van der Waals surface area contributed by atoms with E-state index in [0.29, 0.717) is 12.1 Å². The van der Waals surface area contributed by atoms with Gasteiger partial charge in [-0.3, -0.25) is 0 Å². The third kappa shape index (κ3) is 2.45. The fourth-order valence-corrected chi connectivity index (χ4v) is 1.43. The summed E-state index contributed by atoms with van der Waals surface area (Å²) in [6.45, 7) is 4.32. The number of hydrogen-bond donors (Lipinski definition) is 2. The summed E-state index contributed by atoms with van der Waals surface area (Å²) in [5, 5.41) is 6.82. The van der Waals surface area contributed by atoms with Gasteiger partial charge in [0, 0.05) is 31.1 Å². The number of nitrogens with one attached hydrogen (secondary N) is 2. The maximum atomic E-state index is 5.60. The van der Waals surface area contributed by atoms with Crippen LogP contribution in [0.5, 0.6) is 0 Å². The fraction of sp³-hybridized carbons (Fsp3) is 1.00. The van der Waals surface area contributed by atoms with E-state index in [0.717, 1.165) is 25.4 Å². The number of piperazine rings is 1. The molecule has 0 radical (unpaired) electrons. The van der Waals surface area contributed by atoms with Crippen molar-refractivity contribution in [3.8, 4) is 0 Å². The summed E-state index contributed by atoms with van der Waals surface area (Å²) in [5.74, 6) is 0.758. The van der Waals surface area contributed by atoms with Gasteiger partial charge in [0.2, 0.25) is 0 Å². The van der Waals surface area contributed by atoms with Crippen LogP contribution in [0.1, 0.15) is 13.3 Å². The molecule has 3 heteroatoms. The van der Waals surface area contributed by atoms with Crippen LogP contribution in [0.25, 0.3) is 0 Å². The molecule has 0 aromatic heterocycles. The van der Waals surface area contributed by atoms with Gasteiger partial charge >= 0.3 is 0 Å². The lowest BCUT2D eigenvalue weighted by Crippen LogP contribution is -2.53. The van der Waals surface area contributed by atoms with Gasteiger partial charge in [-0.2, -0.15) is 0 Å². The summed E-state index contributed by atoms with van der Waals surface area (Å²) >= 11 is 5.60. The second-order valence-electron chi connectivity index (χ2n) is 2.89. The summed E-state index contributed by atoms with van der Waals surface area (Å²) in [6, 6.07) is 1.21. The van der Waals surface area contributed by atoms with Crippen molar-refractivity contribution in [3.05, 3.63) is 0 Å². The van der Waals surface area contributed by atoms with Gasteiger partial charge in [-0.05, 0) is 13.3 Å². The average Bonchev–Trinajstić information content (AvgIpc) is 1.95. The largest absolute Gasteiger partial charge is 0.311 e. The van der Waals surface area contributed by atoms with Crippen molar-refractivity contribution in [3.63, 3.8) is 0 Å². The Morgan fingerprint density at radius 1 is 1.40 bits per heavy atom. The second kappa shape index (κ2) is 4.16. The zero-order valence-electron chi connectivity index (χ0n) is 6.36. The molecule has 0 spiro atoms. The first-order chi connectivity index (χ1) is 4.83. The zero-order chi connectivity index (χ0) is 7.40. The minimum absolute atomic E-state index is 0.591. The van der Waals surface area contributed by atoms with E-state index >= 15 is 0 Å². The molecule has 0 aliphatic carbocycles. The lowest BCUT2D eigenvalue weighted by molar-refractivity contribution is 0.355. The third-order valence-corrected chi connectivity index (χ3v) is 2.10. The van der Waals surface area contributed by atoms with E-state index in [4.69, 9.17) is 11.6 Å². The Labute approximate surface area is 67.3 Å². The predicted octanol–water partition coefficient (Wildman–Crippen LogP) is 0.565. The molecule has 0 aromatic carbocycles. The van der Waals surface area contributed by atoms with Crippen molar-refractivity contribution in [1.29, 1.82) is 0 Å². The van der Waals surface area contributed by atoms with Crippen molar-refractivity contribution in [2.24, 2.45) is 0 Å². The number of rotatable bonds is 2. The van der Waals surface area contributed by atoms with Crippen molar-refractivity contribution in [2.45, 2.75) is 25.4 Å². The topological polar surface area (TPSA) is 24.1 Å². The molecule has 1 fully saturated rings. The molecule has 1 saturated heterocycles. The summed E-state index contributed by atoms with van der Waals surface area (Å²) < 4.78 is 0. The summed E-state index contributed by atoms with van der Waals surface area (Å²) in [7, 11) is 0. The van der Waals surface area contributed by atoms with E-state index in [1.807, 2.05) is 0 Å². The van der Waals surface area contributed by atoms with Gasteiger partial charge in [0.1, 0.15) is 0 Å². The average molecular weight is 163 g/mol. The zero-order valence-corrected chi connectivity index (χ0v) is 7.12. The van der Waals surface area contributed by atoms with Crippen LogP contribution in [-0.2, 0) is 0 Å². The lowest BCUT2D eigenvalue weighted by atomic mass is 10.1. The molecule has 0 bridgehead atoms. The van der Waals surface area contributed by atoms with Crippen LogP contribution in [0, 0.1) is 0 Å². The normalized spacial score (nSPS) is 34.2. The van der Waals surface area contributed by atoms with Crippen molar-refractivity contribution < 1.29 is 0 Å². The van der Waals surface area contributed by atoms with E-state index in [-0.39, 0.29) is 0 Å². The minimum atomic E-state index is 0.591. The first-order valence-corrected chi connectivity index (χ1v) is 4.39. The second-order valence-corrected chi connectivity index (χ2v) is 3.27. The van der Waals surface area contributed by atoms with E-state index in [1.165, 1.54) is 0 Å². The molecule has 2 N–H and O–H groups in total. The molecule has 1 aliphatic rings. The first-order valence-electron chi connectivity index (χ1n) is 3.85. The first kappa shape index (κ1) is 8.31. The number of halogens is 1. The van der Waals surface area contributed by atoms with Crippen LogP contribution in [-0.4, -0.2) is 31.1 Å². The highest BCUT2D eigenvalue weighted by Crippen LogP contribution is 1.98. The molecule has 2 unspecified atom stereocenters. The highest BCUT2D eigenvalue weighted by molar-refractivity contribution is 6.17. The molecule has 0 saturated carbocycles. The van der Waals surface area contributed by atoms with E-state index in [9.17, 15) is 0 Å². The van der Waals surface area contributed by atoms with Crippen LogP contribution < -0.4 is 10.6 Å². The summed E-state index contributed by atoms with van der Waals surface area (Å²) in [4.78, 5) is 0. The Kier molecular flexibility index (Phi) is 3.46. The van der Waals surface area contributed by atoms with Gasteiger partial charge in [-0.1, -0.05) is 0 Å². The van der Waals surface area contributed by atoms with Gasteiger partial charge in [0.15, 0.2) is 0 Å². The molecular weight excluding hydrogens is 148 g/mol. The van der Waals surface area contributed by atoms with E-state index < -0.39 is 0 Å². The Morgan fingerprint density at radius 3 is 2.70 bits per heavy atom. The van der Waals surface area contributed by atoms with Gasteiger partial charge in [0.25, 0.3) is 0 Å². The molecule has 0 aromatic rings. The molecular formula is C7H15ClN2. The molecule has 10 heavy (non-hydrogen) atoms. The highest BCUT2D eigenvalue weighted by Gasteiger charge is 2.14. The van der Waals surface area contributed by atoms with E-state index in [2.05, 4.69) is 17.6 Å². The van der Waals surface area contributed by atoms with Gasteiger partial charge in [-0.25, -0.2) is 0 Å². The Bertz CT molecular complexity index is 89.6. The quantitative estimate of drug-likeness (QED) is 0.581. The van der Waals surface area contributed by atoms with Gasteiger partial charge < -0.3 is 10.6 Å². The molecule has 1 rings (SSSR count). The molecule has 1 aliphatic heterocycles. The number of hydrogen-bond acceptors (Lipinski definition) is 2. The number of alkyl halides is 1. The Morgan fingerprint density at radius 2 is 2.20 bits per heavy atom. The smallest absolute Gasteiger partial charge is 0.0238 e. The minimum Gasteiger partial charge on any atom is -0.311 e. The van der Waals surface area contributed by atoms with Crippen LogP contribution in [0.4, 0.5) is 0 Å². The highest BCUT2D eigenvalue weighted by atomic mass is 35.5. The Hall–Kier alpha value is 0.210. The molecule has 60 valence electrons. The maximum absolute atomic E-state index is 5.60. The predicted molar refractivity (Wildman–Crippen MR) is 44.6 cm³/mol. The standard InChI is InChI=1S/C7H15ClN2/c1-6-4-10-7(2-3-8)5-9-6/h6-7,9-10H,2-5H2,1H3. The van der Waals surface area contributed by atoms with Crippen molar-refractivity contribution in [2.75, 3.05) is 19.0 Å². The van der Waals surface area contributed by atoms with Gasteiger partial charge in [-0.15, -0.1) is 11.6 Å². The van der Waals surface area contributed by atoms with E-state index in [1.54, 1.807) is 0 Å². The summed E-state index contributed by atoms with van der Waals surface area (Å²) in [5.41, 5.74) is 0. The lowest BCUT2D eigenvalue weighted by Gasteiger charge is -2.28. The fourth-order valence-electron chi connectivity index (χ4n) is 1.17.